The van der Waals surface area contributed by atoms with E-state index < -0.39 is 23.0 Å². The molecule has 3 rings (SSSR count). The van der Waals surface area contributed by atoms with Gasteiger partial charge in [0.1, 0.15) is 5.56 Å². The lowest BCUT2D eigenvalue weighted by atomic mass is 10.1. The molecule has 0 bridgehead atoms. The number of pyridine rings is 1. The third kappa shape index (κ3) is 1.94. The first-order valence-electron chi connectivity index (χ1n) is 6.87. The van der Waals surface area contributed by atoms with Crippen molar-refractivity contribution in [2.45, 2.75) is 19.8 Å². The van der Waals surface area contributed by atoms with Gasteiger partial charge < -0.3 is 9.30 Å². The van der Waals surface area contributed by atoms with E-state index in [4.69, 9.17) is 4.74 Å². The van der Waals surface area contributed by atoms with Gasteiger partial charge in [-0.15, -0.1) is 0 Å². The minimum absolute atomic E-state index is 0.0613. The van der Waals surface area contributed by atoms with Crippen LogP contribution in [0.15, 0.2) is 23.5 Å². The van der Waals surface area contributed by atoms with Crippen LogP contribution in [0.2, 0.25) is 0 Å². The Bertz CT molecular complexity index is 883. The van der Waals surface area contributed by atoms with Crippen molar-refractivity contribution in [3.05, 3.63) is 51.8 Å². The van der Waals surface area contributed by atoms with Gasteiger partial charge in [-0.05, 0) is 25.8 Å². The van der Waals surface area contributed by atoms with Crippen LogP contribution >= 0.6 is 0 Å². The van der Waals surface area contributed by atoms with Gasteiger partial charge in [0.25, 0.3) is 0 Å². The molecule has 0 N–H and O–H groups in total. The van der Waals surface area contributed by atoms with Crippen molar-refractivity contribution in [1.29, 1.82) is 0 Å². The number of aromatic nitrogens is 1. The molecule has 1 aromatic carbocycles. The molecule has 0 saturated carbocycles. The van der Waals surface area contributed by atoms with Crippen molar-refractivity contribution in [3.63, 3.8) is 0 Å². The highest BCUT2D eigenvalue weighted by molar-refractivity contribution is 5.97. The summed E-state index contributed by atoms with van der Waals surface area (Å²) in [5.74, 6) is -2.94. The highest BCUT2D eigenvalue weighted by atomic mass is 19.2. The first kappa shape index (κ1) is 14.4. The van der Waals surface area contributed by atoms with Gasteiger partial charge >= 0.3 is 5.97 Å². The highest BCUT2D eigenvalue weighted by Crippen LogP contribution is 2.30. The fourth-order valence-corrected chi connectivity index (χ4v) is 2.81. The van der Waals surface area contributed by atoms with Crippen LogP contribution in [0, 0.1) is 11.6 Å². The smallest absolute Gasteiger partial charge is 0.343 e. The predicted octanol–water partition coefficient (Wildman–Crippen LogP) is 2.87. The van der Waals surface area contributed by atoms with Gasteiger partial charge in [-0.3, -0.25) is 4.79 Å². The van der Waals surface area contributed by atoms with Crippen LogP contribution in [-0.2, 0) is 11.2 Å². The standard InChI is InChI=1S/C16H13F2NO3/c1-3-22-16(21)14-12-5-4-8(2)19(12)13-7-11(18)10(17)6-9(13)15(14)20/h6-7H,2-5H2,1H3. The first-order chi connectivity index (χ1) is 10.5. The van der Waals surface area contributed by atoms with Crippen molar-refractivity contribution in [1.82, 2.24) is 4.57 Å². The summed E-state index contributed by atoms with van der Waals surface area (Å²) in [6, 6.07) is 1.77. The number of benzene rings is 1. The Hall–Kier alpha value is -2.50. The van der Waals surface area contributed by atoms with Gasteiger partial charge in [0, 0.05) is 17.5 Å². The van der Waals surface area contributed by atoms with E-state index in [-0.39, 0.29) is 23.1 Å². The first-order valence-corrected chi connectivity index (χ1v) is 6.87. The maximum atomic E-state index is 13.5. The number of halogens is 2. The summed E-state index contributed by atoms with van der Waals surface area (Å²) in [5.41, 5.74) is 0.505. The molecule has 0 atom stereocenters. The topological polar surface area (TPSA) is 48.3 Å². The summed E-state index contributed by atoms with van der Waals surface area (Å²) in [5, 5.41) is -0.0613. The number of hydrogen-bond donors (Lipinski definition) is 0. The second-order valence-corrected chi connectivity index (χ2v) is 5.06. The third-order valence-electron chi connectivity index (χ3n) is 3.76. The number of allylic oxidation sites excluding steroid dienone is 1. The summed E-state index contributed by atoms with van der Waals surface area (Å²) in [4.78, 5) is 24.6. The minimum Gasteiger partial charge on any atom is -0.462 e. The maximum absolute atomic E-state index is 13.5. The van der Waals surface area contributed by atoms with E-state index in [2.05, 4.69) is 6.58 Å². The van der Waals surface area contributed by atoms with Gasteiger partial charge in [0.2, 0.25) is 5.43 Å². The molecule has 2 aromatic rings. The molecule has 1 aliphatic rings. The molecule has 0 aliphatic carbocycles. The number of nitrogens with zero attached hydrogens (tertiary/aromatic N) is 1. The third-order valence-corrected chi connectivity index (χ3v) is 3.76. The van der Waals surface area contributed by atoms with E-state index in [0.29, 0.717) is 24.2 Å². The lowest BCUT2D eigenvalue weighted by Crippen LogP contribution is -2.23. The van der Waals surface area contributed by atoms with Crippen LogP contribution in [0.1, 0.15) is 29.4 Å². The molecule has 22 heavy (non-hydrogen) atoms. The van der Waals surface area contributed by atoms with E-state index >= 15 is 0 Å². The Morgan fingerprint density at radius 3 is 2.68 bits per heavy atom. The van der Waals surface area contributed by atoms with Gasteiger partial charge in [0.15, 0.2) is 11.6 Å². The zero-order valence-corrected chi connectivity index (χ0v) is 11.9. The molecule has 0 amide bonds. The average molecular weight is 305 g/mol. The Morgan fingerprint density at radius 1 is 1.32 bits per heavy atom. The van der Waals surface area contributed by atoms with Gasteiger partial charge in [-0.2, -0.15) is 0 Å². The lowest BCUT2D eigenvalue weighted by molar-refractivity contribution is 0.0523. The molecule has 0 unspecified atom stereocenters. The Labute approximate surface area is 124 Å². The molecular formula is C16H13F2NO3. The van der Waals surface area contributed by atoms with Crippen molar-refractivity contribution < 1.29 is 18.3 Å². The molecule has 0 spiro atoms. The summed E-state index contributed by atoms with van der Waals surface area (Å²) in [6.07, 6.45) is 0.959. The molecule has 0 saturated heterocycles. The van der Waals surface area contributed by atoms with Gasteiger partial charge in [0.05, 0.1) is 17.5 Å². The number of esters is 1. The second-order valence-electron chi connectivity index (χ2n) is 5.06. The predicted molar refractivity (Wildman–Crippen MR) is 77.7 cm³/mol. The fourth-order valence-electron chi connectivity index (χ4n) is 2.81. The van der Waals surface area contributed by atoms with Gasteiger partial charge in [-0.1, -0.05) is 6.58 Å². The van der Waals surface area contributed by atoms with Gasteiger partial charge in [-0.25, -0.2) is 13.6 Å². The molecular weight excluding hydrogens is 292 g/mol. The van der Waals surface area contributed by atoms with Crippen molar-refractivity contribution in [2.24, 2.45) is 0 Å². The minimum atomic E-state index is -1.14. The van der Waals surface area contributed by atoms with E-state index in [1.165, 1.54) is 0 Å². The summed E-state index contributed by atoms with van der Waals surface area (Å²) in [6.45, 7) is 5.62. The number of carbonyl (C=O) groups excluding carboxylic acids is 1. The molecule has 1 aliphatic heterocycles. The van der Waals surface area contributed by atoms with Crippen LogP contribution in [-0.4, -0.2) is 17.1 Å². The Kier molecular flexibility index (Phi) is 3.31. The number of ether oxygens (including phenoxy) is 1. The Morgan fingerprint density at radius 2 is 2.00 bits per heavy atom. The molecule has 0 fully saturated rings. The molecule has 1 aromatic heterocycles. The molecule has 114 valence electrons. The number of hydrogen-bond acceptors (Lipinski definition) is 3. The SMILES string of the molecule is C=C1CCc2c(C(=O)OCC)c(=O)c3cc(F)c(F)cc3n21. The van der Waals surface area contributed by atoms with Crippen LogP contribution in [0.5, 0.6) is 0 Å². The average Bonchev–Trinajstić information content (AvgIpc) is 2.83. The second kappa shape index (κ2) is 5.05. The van der Waals surface area contributed by atoms with E-state index in [1.54, 1.807) is 11.5 Å². The van der Waals surface area contributed by atoms with E-state index in [1.807, 2.05) is 0 Å². The van der Waals surface area contributed by atoms with Crippen LogP contribution in [0.4, 0.5) is 8.78 Å². The molecule has 6 heteroatoms. The van der Waals surface area contributed by atoms with Crippen molar-refractivity contribution >= 4 is 22.6 Å². The molecule has 2 heterocycles. The van der Waals surface area contributed by atoms with Crippen LogP contribution in [0.3, 0.4) is 0 Å². The highest BCUT2D eigenvalue weighted by Gasteiger charge is 2.28. The monoisotopic (exact) mass is 305 g/mol. The van der Waals surface area contributed by atoms with Crippen LogP contribution in [0.25, 0.3) is 16.6 Å². The maximum Gasteiger partial charge on any atom is 0.343 e. The zero-order valence-electron chi connectivity index (χ0n) is 11.9. The number of rotatable bonds is 2. The fraction of sp³-hybridized carbons (Fsp3) is 0.250. The van der Waals surface area contributed by atoms with Crippen molar-refractivity contribution in [3.8, 4) is 0 Å². The molecule has 0 radical (unpaired) electrons. The Balaban J connectivity index is 2.46. The number of carbonyl (C=O) groups is 1. The molecule has 4 nitrogen and oxygen atoms in total. The quantitative estimate of drug-likeness (QED) is 0.802. The summed E-state index contributed by atoms with van der Waals surface area (Å²) < 4.78 is 33.5. The zero-order chi connectivity index (χ0) is 16.0. The number of fused-ring (bicyclic) bond motifs is 3. The largest absolute Gasteiger partial charge is 0.462 e. The van der Waals surface area contributed by atoms with E-state index in [0.717, 1.165) is 12.1 Å². The normalized spacial score (nSPS) is 13.5. The summed E-state index contributed by atoms with van der Waals surface area (Å²) in [7, 11) is 0. The van der Waals surface area contributed by atoms with Crippen molar-refractivity contribution in [2.75, 3.05) is 6.61 Å². The lowest BCUT2D eigenvalue weighted by Gasteiger charge is -2.14. The summed E-state index contributed by atoms with van der Waals surface area (Å²) >= 11 is 0. The van der Waals surface area contributed by atoms with Crippen LogP contribution < -0.4 is 5.43 Å². The van der Waals surface area contributed by atoms with E-state index in [9.17, 15) is 18.4 Å².